The molecule has 4 aromatic rings. The molecule has 3 saturated heterocycles. The van der Waals surface area contributed by atoms with E-state index < -0.39 is 35.5 Å². The van der Waals surface area contributed by atoms with Crippen LogP contribution in [0.3, 0.4) is 0 Å². The molecule has 2 N–H and O–H groups in total. The zero-order valence-corrected chi connectivity index (χ0v) is 30.5. The van der Waals surface area contributed by atoms with Gasteiger partial charge in [0.25, 0.3) is 11.8 Å². The molecule has 0 radical (unpaired) electrons. The van der Waals surface area contributed by atoms with E-state index >= 15 is 4.39 Å². The van der Waals surface area contributed by atoms with Gasteiger partial charge in [-0.1, -0.05) is 30.7 Å². The molecule has 13 nitrogen and oxygen atoms in total. The summed E-state index contributed by atoms with van der Waals surface area (Å²) in [7, 11) is 0. The van der Waals surface area contributed by atoms with E-state index in [9.17, 15) is 24.0 Å². The topological polar surface area (TPSA) is 148 Å². The molecule has 0 bridgehead atoms. The zero-order chi connectivity index (χ0) is 37.7. The number of carbonyl (C=O) groups is 5. The van der Waals surface area contributed by atoms with E-state index in [0.29, 0.717) is 57.2 Å². The van der Waals surface area contributed by atoms with Crippen molar-refractivity contribution < 1.29 is 33.1 Å². The highest BCUT2D eigenvalue weighted by atomic mass is 35.5. The molecule has 4 aliphatic heterocycles. The Morgan fingerprint density at radius 3 is 2.48 bits per heavy atom. The minimum atomic E-state index is -1.11. The number of pyridine rings is 1. The van der Waals surface area contributed by atoms with Gasteiger partial charge in [-0.25, -0.2) is 9.37 Å². The maximum absolute atomic E-state index is 15.4. The Balaban J connectivity index is 0.827. The molecule has 4 aliphatic rings. The Morgan fingerprint density at radius 2 is 1.74 bits per heavy atom. The third-order valence-electron chi connectivity index (χ3n) is 10.9. The maximum Gasteiger partial charge on any atom is 0.262 e. The zero-order valence-electron chi connectivity index (χ0n) is 29.7. The molecule has 1 atom stereocenters. The Kier molecular flexibility index (Phi) is 9.67. The molecule has 5 amide bonds. The third-order valence-corrected chi connectivity index (χ3v) is 11.3. The van der Waals surface area contributed by atoms with E-state index in [1.807, 2.05) is 35.4 Å². The highest BCUT2D eigenvalue weighted by Gasteiger charge is 2.45. The minimum absolute atomic E-state index is 0.00192. The molecule has 15 heteroatoms. The number of H-pyrrole nitrogens is 1. The second-order valence-corrected chi connectivity index (χ2v) is 14.5. The van der Waals surface area contributed by atoms with Gasteiger partial charge in [0, 0.05) is 68.2 Å². The number of carbonyl (C=O) groups excluding carboxylic acids is 5. The van der Waals surface area contributed by atoms with Crippen LogP contribution in [0, 0.1) is 5.82 Å². The largest absolute Gasteiger partial charge is 0.377 e. The number of piperidine rings is 2. The number of halogens is 2. The molecule has 6 heterocycles. The fourth-order valence-electron chi connectivity index (χ4n) is 7.96. The lowest BCUT2D eigenvalue weighted by molar-refractivity contribution is -0.136. The lowest BCUT2D eigenvalue weighted by Crippen LogP contribution is -2.54. The number of anilines is 2. The van der Waals surface area contributed by atoms with Crippen LogP contribution < -0.4 is 15.1 Å². The van der Waals surface area contributed by atoms with Gasteiger partial charge in [-0.2, -0.15) is 0 Å². The van der Waals surface area contributed by atoms with Crippen molar-refractivity contribution in [1.82, 2.24) is 25.1 Å². The summed E-state index contributed by atoms with van der Waals surface area (Å²) < 4.78 is 21.5. The van der Waals surface area contributed by atoms with E-state index in [1.54, 1.807) is 11.1 Å². The first-order valence-corrected chi connectivity index (χ1v) is 18.7. The predicted octanol–water partition coefficient (Wildman–Crippen LogP) is 4.32. The number of rotatable bonds is 9. The van der Waals surface area contributed by atoms with E-state index in [0.717, 1.165) is 50.8 Å². The monoisotopic (exact) mass is 755 g/mol. The van der Waals surface area contributed by atoms with E-state index in [4.69, 9.17) is 16.3 Å². The number of fused-ring (bicyclic) bond motifs is 2. The van der Waals surface area contributed by atoms with Crippen LogP contribution in [0.4, 0.5) is 15.8 Å². The Bertz CT molecular complexity index is 2200. The summed E-state index contributed by atoms with van der Waals surface area (Å²) in [5.41, 5.74) is 4.55. The Morgan fingerprint density at radius 1 is 0.963 bits per heavy atom. The van der Waals surface area contributed by atoms with Crippen LogP contribution in [0.1, 0.15) is 58.9 Å². The molecule has 54 heavy (non-hydrogen) atoms. The molecular weight excluding hydrogens is 717 g/mol. The number of hydrogen-bond acceptors (Lipinski definition) is 9. The lowest BCUT2D eigenvalue weighted by atomic mass is 10.0. The van der Waals surface area contributed by atoms with Crippen LogP contribution in [0.25, 0.3) is 22.2 Å². The summed E-state index contributed by atoms with van der Waals surface area (Å²) in [6.07, 6.45) is 5.78. The van der Waals surface area contributed by atoms with Crippen molar-refractivity contribution in [3.63, 3.8) is 0 Å². The number of aromatic nitrogens is 2. The van der Waals surface area contributed by atoms with Crippen molar-refractivity contribution >= 4 is 63.5 Å². The minimum Gasteiger partial charge on any atom is -0.377 e. The fourth-order valence-corrected chi connectivity index (χ4v) is 8.33. The highest BCUT2D eigenvalue weighted by Crippen LogP contribution is 2.37. The number of aromatic amines is 1. The third kappa shape index (κ3) is 6.52. The summed E-state index contributed by atoms with van der Waals surface area (Å²) in [4.78, 5) is 77.9. The molecule has 1 unspecified atom stereocenters. The number of piperazine rings is 1. The summed E-state index contributed by atoms with van der Waals surface area (Å²) >= 11 is 6.88. The lowest BCUT2D eigenvalue weighted by Gasteiger charge is -2.36. The summed E-state index contributed by atoms with van der Waals surface area (Å²) in [5.74, 6) is -3.21. The summed E-state index contributed by atoms with van der Waals surface area (Å²) in [6.45, 7) is 5.57. The number of aryl methyl sites for hydroxylation is 1. The van der Waals surface area contributed by atoms with Crippen LogP contribution in [0.15, 0.2) is 48.8 Å². The first-order chi connectivity index (χ1) is 26.1. The van der Waals surface area contributed by atoms with E-state index in [-0.39, 0.29) is 48.2 Å². The molecule has 2 aromatic heterocycles. The van der Waals surface area contributed by atoms with Gasteiger partial charge in [-0.05, 0) is 61.1 Å². The van der Waals surface area contributed by atoms with Crippen LogP contribution in [0.2, 0.25) is 5.02 Å². The first kappa shape index (κ1) is 35.8. The number of nitrogens with zero attached hydrogens (tertiary/aromatic N) is 5. The molecular formula is C39H39ClFN7O6. The molecule has 2 aromatic carbocycles. The number of imide groups is 2. The average Bonchev–Trinajstić information content (AvgIpc) is 3.70. The predicted molar refractivity (Wildman–Crippen MR) is 199 cm³/mol. The van der Waals surface area contributed by atoms with Crippen molar-refractivity contribution in [1.29, 1.82) is 0 Å². The van der Waals surface area contributed by atoms with Crippen molar-refractivity contribution in [2.75, 3.05) is 55.7 Å². The van der Waals surface area contributed by atoms with Gasteiger partial charge in [-0.15, -0.1) is 0 Å². The van der Waals surface area contributed by atoms with Gasteiger partial charge in [0.15, 0.2) is 0 Å². The number of amides is 5. The van der Waals surface area contributed by atoms with Gasteiger partial charge >= 0.3 is 0 Å². The first-order valence-electron chi connectivity index (χ1n) is 18.3. The maximum atomic E-state index is 15.4. The number of benzene rings is 2. The Hall–Kier alpha value is -5.18. The van der Waals surface area contributed by atoms with E-state index in [2.05, 4.69) is 27.1 Å². The summed E-state index contributed by atoms with van der Waals surface area (Å²) in [6, 6.07) is 9.16. The van der Waals surface area contributed by atoms with Crippen LogP contribution in [0.5, 0.6) is 0 Å². The second-order valence-electron chi connectivity index (χ2n) is 14.1. The van der Waals surface area contributed by atoms with Gasteiger partial charge < -0.3 is 19.5 Å². The molecule has 0 saturated carbocycles. The van der Waals surface area contributed by atoms with Crippen LogP contribution >= 0.6 is 11.6 Å². The number of ether oxygens (including phenoxy) is 1. The van der Waals surface area contributed by atoms with E-state index in [1.165, 1.54) is 6.07 Å². The SMILES string of the molecule is CCc1c[nH]c2ncc(-c3cccc(N4CCN(CCOC5CCN(c6cc7c(cc6F)C(=O)N(C6CCC(=O)NC6=O)C7=O)CC5)CC4=O)c3)c(Cl)c12. The van der Waals surface area contributed by atoms with Gasteiger partial charge in [0.1, 0.15) is 17.5 Å². The quantitative estimate of drug-likeness (QED) is 0.239. The molecule has 0 spiro atoms. The Labute approximate surface area is 315 Å². The molecule has 0 aliphatic carbocycles. The molecule has 280 valence electrons. The van der Waals surface area contributed by atoms with Crippen molar-refractivity contribution in [2.45, 2.75) is 51.2 Å². The summed E-state index contributed by atoms with van der Waals surface area (Å²) in [5, 5.41) is 3.73. The van der Waals surface area contributed by atoms with Crippen molar-refractivity contribution in [3.05, 3.63) is 76.3 Å². The van der Waals surface area contributed by atoms with Gasteiger partial charge in [0.05, 0.1) is 41.1 Å². The average molecular weight is 756 g/mol. The number of hydrogen-bond donors (Lipinski definition) is 2. The second kappa shape index (κ2) is 14.6. The molecule has 8 rings (SSSR count). The highest BCUT2D eigenvalue weighted by molar-refractivity contribution is 6.38. The smallest absolute Gasteiger partial charge is 0.262 e. The van der Waals surface area contributed by atoms with Crippen molar-refractivity contribution in [2.24, 2.45) is 0 Å². The van der Waals surface area contributed by atoms with Crippen LogP contribution in [-0.2, 0) is 25.5 Å². The van der Waals surface area contributed by atoms with Gasteiger partial charge in [-0.3, -0.25) is 39.1 Å². The number of nitrogens with one attached hydrogen (secondary N) is 2. The molecule has 3 fully saturated rings. The normalized spacial score (nSPS) is 20.0. The van der Waals surface area contributed by atoms with Crippen LogP contribution in [-0.4, -0.2) is 107 Å². The fraction of sp³-hybridized carbons (Fsp3) is 0.385. The van der Waals surface area contributed by atoms with Gasteiger partial charge in [0.2, 0.25) is 17.7 Å². The van der Waals surface area contributed by atoms with Crippen molar-refractivity contribution in [3.8, 4) is 11.1 Å². The standard InChI is InChI=1S/C39H39ClFN7O6/c1-2-22-19-42-36-34(22)35(40)28(20-43-36)23-4-3-5-24(16-23)47-13-12-45(21-33(47)50)14-15-54-25-8-10-46(11-9-25)31-18-27-26(17-29(31)41)38(52)48(39(27)53)30-6-7-32(49)44-37(30)51/h3-5,16-20,25,30H,2,6-15,21H2,1H3,(H,42,43)(H,44,49,51).